The summed E-state index contributed by atoms with van der Waals surface area (Å²) < 4.78 is 5.76. The smallest absolute Gasteiger partial charge is 0.190 e. The Morgan fingerprint density at radius 2 is 1.65 bits per heavy atom. The summed E-state index contributed by atoms with van der Waals surface area (Å²) in [6.07, 6.45) is -0.178. The molecule has 2 nitrogen and oxygen atoms in total. The molecule has 2 atom stereocenters. The van der Waals surface area contributed by atoms with Crippen molar-refractivity contribution in [3.8, 4) is 0 Å². The fourth-order valence-electron chi connectivity index (χ4n) is 2.38. The van der Waals surface area contributed by atoms with E-state index < -0.39 is 5.79 Å². The van der Waals surface area contributed by atoms with Gasteiger partial charge in [-0.15, -0.1) is 0 Å². The molecule has 0 aromatic heterocycles. The molecule has 1 N–H and O–H groups in total. The van der Waals surface area contributed by atoms with Gasteiger partial charge in [-0.05, 0) is 18.1 Å². The van der Waals surface area contributed by atoms with E-state index in [2.05, 4.69) is 0 Å². The third kappa shape index (κ3) is 1.66. The summed E-state index contributed by atoms with van der Waals surface area (Å²) in [4.78, 5) is 0. The zero-order valence-corrected chi connectivity index (χ0v) is 9.63. The number of hydrogen-bond donors (Lipinski definition) is 1. The largest absolute Gasteiger partial charge is 0.362 e. The van der Waals surface area contributed by atoms with E-state index >= 15 is 0 Å². The molecule has 2 aromatic carbocycles. The van der Waals surface area contributed by atoms with Gasteiger partial charge in [0.2, 0.25) is 0 Å². The van der Waals surface area contributed by atoms with Gasteiger partial charge in [-0.1, -0.05) is 54.6 Å². The highest BCUT2D eigenvalue weighted by Gasteiger charge is 2.39. The molecule has 0 unspecified atom stereocenters. The Kier molecular flexibility index (Phi) is 2.28. The maximum absolute atomic E-state index is 10.3. The molecule has 0 spiro atoms. The van der Waals surface area contributed by atoms with Crippen molar-refractivity contribution in [2.45, 2.75) is 18.8 Å². The van der Waals surface area contributed by atoms with Crippen LogP contribution >= 0.6 is 0 Å². The average molecular weight is 226 g/mol. The van der Waals surface area contributed by atoms with Crippen LogP contribution in [0.25, 0.3) is 0 Å². The molecule has 0 saturated heterocycles. The summed E-state index contributed by atoms with van der Waals surface area (Å²) in [7, 11) is 0. The van der Waals surface area contributed by atoms with E-state index in [-0.39, 0.29) is 6.10 Å². The number of fused-ring (bicyclic) bond motifs is 1. The predicted molar refractivity (Wildman–Crippen MR) is 65.4 cm³/mol. The van der Waals surface area contributed by atoms with Gasteiger partial charge >= 0.3 is 0 Å². The van der Waals surface area contributed by atoms with Gasteiger partial charge < -0.3 is 9.84 Å². The lowest BCUT2D eigenvalue weighted by Crippen LogP contribution is -2.20. The summed E-state index contributed by atoms with van der Waals surface area (Å²) in [5.74, 6) is -1.20. The van der Waals surface area contributed by atoms with Gasteiger partial charge in [0.05, 0.1) is 0 Å². The fraction of sp³-hybridized carbons (Fsp3) is 0.200. The van der Waals surface area contributed by atoms with Crippen LogP contribution in [0.5, 0.6) is 0 Å². The zero-order valence-electron chi connectivity index (χ0n) is 9.63. The molecule has 1 aliphatic rings. The Morgan fingerprint density at radius 3 is 2.41 bits per heavy atom. The van der Waals surface area contributed by atoms with Crippen LogP contribution in [0.1, 0.15) is 29.7 Å². The quantitative estimate of drug-likeness (QED) is 0.810. The maximum atomic E-state index is 10.3. The molecule has 2 heteroatoms. The minimum atomic E-state index is -1.20. The van der Waals surface area contributed by atoms with E-state index in [0.717, 1.165) is 16.7 Å². The molecule has 1 aliphatic heterocycles. The Hall–Kier alpha value is -1.64. The molecule has 0 radical (unpaired) electrons. The highest BCUT2D eigenvalue weighted by atomic mass is 16.6. The van der Waals surface area contributed by atoms with Crippen molar-refractivity contribution in [3.05, 3.63) is 71.3 Å². The molecule has 3 rings (SSSR count). The van der Waals surface area contributed by atoms with Gasteiger partial charge in [-0.2, -0.15) is 0 Å². The Labute approximate surface area is 100 Å². The van der Waals surface area contributed by atoms with Gasteiger partial charge in [0, 0.05) is 5.56 Å². The molecule has 0 saturated carbocycles. The van der Waals surface area contributed by atoms with Crippen molar-refractivity contribution in [2.24, 2.45) is 0 Å². The number of ether oxygens (including phenoxy) is 1. The summed E-state index contributed by atoms with van der Waals surface area (Å²) in [5.41, 5.74) is 2.97. The van der Waals surface area contributed by atoms with Crippen molar-refractivity contribution < 1.29 is 9.84 Å². The van der Waals surface area contributed by atoms with E-state index in [4.69, 9.17) is 4.74 Å². The second kappa shape index (κ2) is 3.69. The van der Waals surface area contributed by atoms with Gasteiger partial charge in [-0.3, -0.25) is 0 Å². The van der Waals surface area contributed by atoms with Crippen LogP contribution < -0.4 is 0 Å². The van der Waals surface area contributed by atoms with Crippen molar-refractivity contribution >= 4 is 0 Å². The van der Waals surface area contributed by atoms with Crippen LogP contribution in [0.4, 0.5) is 0 Å². The van der Waals surface area contributed by atoms with Crippen LogP contribution in [0.3, 0.4) is 0 Å². The minimum Gasteiger partial charge on any atom is -0.362 e. The second-order valence-electron chi connectivity index (χ2n) is 4.48. The topological polar surface area (TPSA) is 29.5 Å². The van der Waals surface area contributed by atoms with Crippen LogP contribution in [0.15, 0.2) is 54.6 Å². The first kappa shape index (κ1) is 10.5. The number of benzene rings is 2. The van der Waals surface area contributed by atoms with Gasteiger partial charge in [0.15, 0.2) is 5.79 Å². The van der Waals surface area contributed by atoms with Gasteiger partial charge in [-0.25, -0.2) is 0 Å². The summed E-state index contributed by atoms with van der Waals surface area (Å²) in [5, 5.41) is 10.3. The lowest BCUT2D eigenvalue weighted by Gasteiger charge is -2.19. The second-order valence-corrected chi connectivity index (χ2v) is 4.48. The molecular weight excluding hydrogens is 212 g/mol. The molecule has 2 aromatic rings. The minimum absolute atomic E-state index is 0.178. The van der Waals surface area contributed by atoms with Crippen molar-refractivity contribution in [2.75, 3.05) is 0 Å². The Morgan fingerprint density at radius 1 is 1.00 bits per heavy atom. The number of rotatable bonds is 1. The molecule has 0 fully saturated rings. The van der Waals surface area contributed by atoms with E-state index in [1.54, 1.807) is 6.92 Å². The van der Waals surface area contributed by atoms with E-state index in [0.29, 0.717) is 0 Å². The van der Waals surface area contributed by atoms with Crippen LogP contribution in [0.2, 0.25) is 0 Å². The molecule has 0 amide bonds. The predicted octanol–water partition coefficient (Wildman–Crippen LogP) is 2.97. The highest BCUT2D eigenvalue weighted by Crippen LogP contribution is 2.44. The summed E-state index contributed by atoms with van der Waals surface area (Å²) >= 11 is 0. The van der Waals surface area contributed by atoms with Crippen LogP contribution in [-0.2, 0) is 10.5 Å². The van der Waals surface area contributed by atoms with E-state index in [1.807, 2.05) is 54.6 Å². The SMILES string of the molecule is C[C@]1(O)O[C@@H](c2ccccc2)c2ccccc21. The number of hydrogen-bond acceptors (Lipinski definition) is 2. The van der Waals surface area contributed by atoms with E-state index in [9.17, 15) is 5.11 Å². The van der Waals surface area contributed by atoms with E-state index in [1.165, 1.54) is 0 Å². The number of aliphatic hydroxyl groups is 1. The third-order valence-corrected chi connectivity index (χ3v) is 3.19. The lowest BCUT2D eigenvalue weighted by molar-refractivity contribution is -0.201. The fourth-order valence-corrected chi connectivity index (χ4v) is 2.38. The van der Waals surface area contributed by atoms with Crippen molar-refractivity contribution in [1.82, 2.24) is 0 Å². The van der Waals surface area contributed by atoms with Crippen molar-refractivity contribution in [1.29, 1.82) is 0 Å². The van der Waals surface area contributed by atoms with Crippen LogP contribution in [0, 0.1) is 0 Å². The average Bonchev–Trinajstić information content (AvgIpc) is 2.64. The molecular formula is C15H14O2. The molecule has 86 valence electrons. The Bertz CT molecular complexity index is 532. The lowest BCUT2D eigenvalue weighted by atomic mass is 9.97. The highest BCUT2D eigenvalue weighted by molar-refractivity contribution is 5.41. The standard InChI is InChI=1S/C15H14O2/c1-15(16)13-10-6-5-9-12(13)14(17-15)11-7-3-2-4-8-11/h2-10,14,16H,1H3/t14-,15-/m0/s1. The maximum Gasteiger partial charge on any atom is 0.190 e. The third-order valence-electron chi connectivity index (χ3n) is 3.19. The Balaban J connectivity index is 2.12. The van der Waals surface area contributed by atoms with Gasteiger partial charge in [0.1, 0.15) is 6.10 Å². The van der Waals surface area contributed by atoms with Crippen molar-refractivity contribution in [3.63, 3.8) is 0 Å². The van der Waals surface area contributed by atoms with Gasteiger partial charge in [0.25, 0.3) is 0 Å². The first-order valence-electron chi connectivity index (χ1n) is 5.73. The first-order chi connectivity index (χ1) is 8.18. The first-order valence-corrected chi connectivity index (χ1v) is 5.73. The normalized spacial score (nSPS) is 26.8. The zero-order chi connectivity index (χ0) is 11.9. The summed E-state index contributed by atoms with van der Waals surface area (Å²) in [6, 6.07) is 17.8. The molecule has 17 heavy (non-hydrogen) atoms. The van der Waals surface area contributed by atoms with Crippen LogP contribution in [-0.4, -0.2) is 5.11 Å². The summed E-state index contributed by atoms with van der Waals surface area (Å²) in [6.45, 7) is 1.69. The molecule has 0 aliphatic carbocycles. The monoisotopic (exact) mass is 226 g/mol. The molecule has 1 heterocycles. The molecule has 0 bridgehead atoms.